The Labute approximate surface area is 201 Å². The first kappa shape index (κ1) is 25.1. The van der Waals surface area contributed by atoms with Crippen molar-refractivity contribution in [1.29, 1.82) is 0 Å². The molecule has 36 heavy (non-hydrogen) atoms. The van der Waals surface area contributed by atoms with Gasteiger partial charge in [-0.15, -0.1) is 0 Å². The van der Waals surface area contributed by atoms with Gasteiger partial charge in [-0.3, -0.25) is 0 Å². The van der Waals surface area contributed by atoms with Crippen molar-refractivity contribution in [3.63, 3.8) is 0 Å². The molecule has 0 spiro atoms. The Hall–Kier alpha value is -4.02. The van der Waals surface area contributed by atoms with Crippen LogP contribution in [0.2, 0.25) is 0 Å². The van der Waals surface area contributed by atoms with E-state index in [0.29, 0.717) is 16.9 Å². The summed E-state index contributed by atoms with van der Waals surface area (Å²) in [5.41, 5.74) is -0.140. The number of nitrogens with zero attached hydrogens (tertiary/aromatic N) is 1. The molecule has 1 atom stereocenters. The third-order valence-corrected chi connectivity index (χ3v) is 5.71. The van der Waals surface area contributed by atoms with Crippen molar-refractivity contribution in [2.75, 3.05) is 7.11 Å². The molecule has 4 rings (SSSR count). The summed E-state index contributed by atoms with van der Waals surface area (Å²) in [6.45, 7) is 0. The third-order valence-electron chi connectivity index (χ3n) is 5.71. The lowest BCUT2D eigenvalue weighted by atomic mass is 9.79. The topological polar surface area (TPSA) is 59.9 Å². The number of benzene rings is 3. The highest BCUT2D eigenvalue weighted by Gasteiger charge is 2.58. The third kappa shape index (κ3) is 4.73. The summed E-state index contributed by atoms with van der Waals surface area (Å²) >= 11 is 0. The highest BCUT2D eigenvalue weighted by Crippen LogP contribution is 2.48. The normalized spacial score (nSPS) is 17.6. The van der Waals surface area contributed by atoms with E-state index >= 15 is 0 Å². The molecule has 1 unspecified atom stereocenters. The van der Waals surface area contributed by atoms with E-state index in [2.05, 4.69) is 9.83 Å². The molecular weight excluding hydrogens is 490 g/mol. The highest BCUT2D eigenvalue weighted by molar-refractivity contribution is 6.01. The minimum atomic E-state index is -5.35. The first-order valence-corrected chi connectivity index (χ1v) is 10.5. The lowest BCUT2D eigenvalue weighted by molar-refractivity contribution is -0.204. The summed E-state index contributed by atoms with van der Waals surface area (Å²) in [5, 5.41) is 0. The molecule has 5 nitrogen and oxygen atoms in total. The number of methoxy groups -OCH3 is 1. The van der Waals surface area contributed by atoms with Crippen LogP contribution in [-0.4, -0.2) is 31.3 Å². The second-order valence-electron chi connectivity index (χ2n) is 7.95. The van der Waals surface area contributed by atoms with E-state index in [0.717, 1.165) is 0 Å². The Morgan fingerprint density at radius 2 is 1.58 bits per heavy atom. The van der Waals surface area contributed by atoms with Crippen LogP contribution in [0.3, 0.4) is 0 Å². The predicted octanol–water partition coefficient (Wildman–Crippen LogP) is 5.73. The van der Waals surface area contributed by atoms with Crippen LogP contribution in [0.4, 0.5) is 26.3 Å². The van der Waals surface area contributed by atoms with Gasteiger partial charge in [-0.25, -0.2) is 9.79 Å². The molecule has 1 N–H and O–H groups in total. The molecule has 0 radical (unpaired) electrons. The quantitative estimate of drug-likeness (QED) is 0.363. The van der Waals surface area contributed by atoms with Crippen molar-refractivity contribution in [2.45, 2.75) is 24.3 Å². The van der Waals surface area contributed by atoms with Crippen LogP contribution in [0.5, 0.6) is 5.75 Å². The van der Waals surface area contributed by atoms with E-state index in [1.807, 2.05) is 0 Å². The Morgan fingerprint density at radius 3 is 2.25 bits per heavy atom. The summed E-state index contributed by atoms with van der Waals surface area (Å²) in [6.07, 6.45) is -10.9. The summed E-state index contributed by atoms with van der Waals surface area (Å²) in [4.78, 5) is 19.1. The largest absolute Gasteiger partial charge is 0.497 e. The van der Waals surface area contributed by atoms with E-state index in [-0.39, 0.29) is 16.7 Å². The van der Waals surface area contributed by atoms with Gasteiger partial charge in [-0.2, -0.15) is 31.8 Å². The van der Waals surface area contributed by atoms with Gasteiger partial charge < -0.3 is 9.57 Å². The van der Waals surface area contributed by atoms with Gasteiger partial charge in [0.15, 0.2) is 11.4 Å². The molecule has 3 aromatic rings. The number of ether oxygens (including phenoxy) is 1. The number of nitrogens with one attached hydrogen (secondary N) is 1. The van der Waals surface area contributed by atoms with Gasteiger partial charge in [0.1, 0.15) is 5.75 Å². The second kappa shape index (κ2) is 9.21. The smallest absolute Gasteiger partial charge is 0.493 e. The summed E-state index contributed by atoms with van der Waals surface area (Å²) in [6, 6.07) is 18.1. The number of amidine groups is 1. The van der Waals surface area contributed by atoms with Crippen LogP contribution >= 0.6 is 0 Å². The van der Waals surface area contributed by atoms with Gasteiger partial charge >= 0.3 is 18.3 Å². The molecule has 0 saturated carbocycles. The number of rotatable bonds is 3. The number of hydrogen-bond acceptors (Lipinski definition) is 5. The van der Waals surface area contributed by atoms with Crippen molar-refractivity contribution in [1.82, 2.24) is 5.48 Å². The summed E-state index contributed by atoms with van der Waals surface area (Å²) in [5.74, 6) is -2.77. The van der Waals surface area contributed by atoms with Crippen molar-refractivity contribution in [3.05, 3.63) is 89.5 Å². The van der Waals surface area contributed by atoms with Gasteiger partial charge in [0.25, 0.3) is 0 Å². The van der Waals surface area contributed by atoms with Crippen molar-refractivity contribution in [2.24, 2.45) is 4.99 Å². The number of hydrogen-bond donors (Lipinski definition) is 1. The fourth-order valence-electron chi connectivity index (χ4n) is 3.95. The zero-order valence-electron chi connectivity index (χ0n) is 18.6. The number of hydroxylamine groups is 1. The lowest BCUT2D eigenvalue weighted by Crippen LogP contribution is -2.48. The summed E-state index contributed by atoms with van der Waals surface area (Å²) < 4.78 is 87.3. The van der Waals surface area contributed by atoms with Crippen LogP contribution in [0.15, 0.2) is 77.8 Å². The molecule has 0 saturated heterocycles. The SMILES string of the molecule is COc1cccc(-c2cccc(C3(C(F)(F)F)Cc4ccccc4C(NOC(=O)C(F)(F)F)=N3)c2)c1. The molecule has 1 aliphatic heterocycles. The maximum atomic E-state index is 14.7. The fourth-order valence-corrected chi connectivity index (χ4v) is 3.95. The van der Waals surface area contributed by atoms with Gasteiger partial charge in [0, 0.05) is 12.0 Å². The zero-order chi connectivity index (χ0) is 26.1. The van der Waals surface area contributed by atoms with E-state index < -0.39 is 36.1 Å². The van der Waals surface area contributed by atoms with Crippen molar-refractivity contribution >= 4 is 11.8 Å². The van der Waals surface area contributed by atoms with E-state index in [1.165, 1.54) is 49.6 Å². The maximum absolute atomic E-state index is 14.7. The predicted molar refractivity (Wildman–Crippen MR) is 118 cm³/mol. The minimum Gasteiger partial charge on any atom is -0.497 e. The monoisotopic (exact) mass is 508 g/mol. The zero-order valence-corrected chi connectivity index (χ0v) is 18.6. The Morgan fingerprint density at radius 1 is 0.917 bits per heavy atom. The van der Waals surface area contributed by atoms with Crippen molar-refractivity contribution < 1.29 is 40.7 Å². The summed E-state index contributed by atoms with van der Waals surface area (Å²) in [7, 11) is 1.46. The van der Waals surface area contributed by atoms with Crippen LogP contribution in [0.1, 0.15) is 16.7 Å². The van der Waals surface area contributed by atoms with E-state index in [4.69, 9.17) is 4.74 Å². The Kier molecular flexibility index (Phi) is 6.42. The molecule has 0 bridgehead atoms. The maximum Gasteiger partial charge on any atom is 0.493 e. The average molecular weight is 508 g/mol. The number of fused-ring (bicyclic) bond motifs is 1. The molecule has 0 amide bonds. The number of carbonyl (C=O) groups excluding carboxylic acids is 1. The first-order valence-electron chi connectivity index (χ1n) is 10.5. The van der Waals surface area contributed by atoms with Crippen LogP contribution in [0.25, 0.3) is 11.1 Å². The molecule has 11 heteroatoms. The van der Waals surface area contributed by atoms with Gasteiger partial charge in [-0.1, -0.05) is 54.6 Å². The minimum absolute atomic E-state index is 0.0799. The second-order valence-corrected chi connectivity index (χ2v) is 7.95. The van der Waals surface area contributed by atoms with Crippen LogP contribution in [0, 0.1) is 0 Å². The average Bonchev–Trinajstić information content (AvgIpc) is 2.85. The first-order chi connectivity index (χ1) is 16.9. The molecule has 0 fully saturated rings. The molecule has 1 aliphatic rings. The Bertz CT molecular complexity index is 1320. The number of alkyl halides is 6. The van der Waals surface area contributed by atoms with Crippen molar-refractivity contribution in [3.8, 4) is 16.9 Å². The standard InChI is InChI=1S/C25H18F6N2O3/c1-35-19-10-5-8-16(13-19)15-7-4-9-18(12-15)23(25(29,30)31)14-17-6-2-3-11-20(17)21(32-23)33-36-22(34)24(26,27)28/h2-13H,14H2,1H3,(H,32,33). The molecule has 188 valence electrons. The molecule has 1 heterocycles. The molecular formula is C25H18F6N2O3. The van der Waals surface area contributed by atoms with Gasteiger partial charge in [-0.05, 0) is 40.5 Å². The van der Waals surface area contributed by atoms with Crippen LogP contribution in [-0.2, 0) is 21.6 Å². The lowest BCUT2D eigenvalue weighted by Gasteiger charge is -2.37. The molecule has 0 aliphatic carbocycles. The molecule has 0 aromatic heterocycles. The highest BCUT2D eigenvalue weighted by atomic mass is 19.4. The van der Waals surface area contributed by atoms with E-state index in [1.54, 1.807) is 35.8 Å². The van der Waals surface area contributed by atoms with Crippen LogP contribution < -0.4 is 10.2 Å². The van der Waals surface area contributed by atoms with Gasteiger partial charge in [0.05, 0.1) is 7.11 Å². The number of carbonyl (C=O) groups is 1. The Balaban J connectivity index is 1.84. The molecule has 3 aromatic carbocycles. The van der Waals surface area contributed by atoms with Gasteiger partial charge in [0.2, 0.25) is 0 Å². The number of halogens is 6. The van der Waals surface area contributed by atoms with E-state index in [9.17, 15) is 31.1 Å². The fraction of sp³-hybridized carbons (Fsp3) is 0.200. The number of aliphatic imine (C=N–C) groups is 1.